The summed E-state index contributed by atoms with van der Waals surface area (Å²) in [5, 5.41) is 14.4. The van der Waals surface area contributed by atoms with Gasteiger partial charge in [0.25, 0.3) is 0 Å². The molecule has 0 saturated heterocycles. The molecule has 2 rings (SSSR count). The standard InChI is InChI=1S/C11H10F2N4O3/c12-11(13)20-8-3-1-7(2-4-8)6-16-10(14)9(5-15-16)17(18)19/h1-5,11H,6,14H2. The van der Waals surface area contributed by atoms with Crippen molar-refractivity contribution in [2.45, 2.75) is 13.2 Å². The number of alkyl halides is 2. The van der Waals surface area contributed by atoms with Crippen LogP contribution in [0.2, 0.25) is 0 Å². The van der Waals surface area contributed by atoms with Crippen molar-refractivity contribution < 1.29 is 18.4 Å². The van der Waals surface area contributed by atoms with Crippen molar-refractivity contribution in [1.82, 2.24) is 9.78 Å². The lowest BCUT2D eigenvalue weighted by molar-refractivity contribution is -0.384. The number of nitrogens with zero attached hydrogens (tertiary/aromatic N) is 3. The third-order valence-corrected chi connectivity index (χ3v) is 2.54. The van der Waals surface area contributed by atoms with Crippen LogP contribution in [-0.2, 0) is 6.54 Å². The van der Waals surface area contributed by atoms with E-state index in [4.69, 9.17) is 5.73 Å². The second kappa shape index (κ2) is 5.51. The molecule has 0 aliphatic heterocycles. The fourth-order valence-electron chi connectivity index (χ4n) is 1.60. The maximum Gasteiger partial charge on any atom is 0.387 e. The number of anilines is 1. The summed E-state index contributed by atoms with van der Waals surface area (Å²) in [6.45, 7) is -2.69. The maximum atomic E-state index is 12.0. The molecule has 106 valence electrons. The molecule has 0 saturated carbocycles. The number of hydrogen-bond acceptors (Lipinski definition) is 5. The van der Waals surface area contributed by atoms with Crippen LogP contribution in [0, 0.1) is 10.1 Å². The zero-order valence-corrected chi connectivity index (χ0v) is 10.1. The van der Waals surface area contributed by atoms with Crippen LogP contribution >= 0.6 is 0 Å². The minimum atomic E-state index is -2.88. The summed E-state index contributed by atoms with van der Waals surface area (Å²) in [4.78, 5) is 9.99. The number of nitrogens with two attached hydrogens (primary N) is 1. The largest absolute Gasteiger partial charge is 0.435 e. The topological polar surface area (TPSA) is 96.2 Å². The molecule has 0 amide bonds. The maximum absolute atomic E-state index is 12.0. The fourth-order valence-corrected chi connectivity index (χ4v) is 1.60. The van der Waals surface area contributed by atoms with Crippen LogP contribution in [0.5, 0.6) is 5.75 Å². The van der Waals surface area contributed by atoms with E-state index in [0.29, 0.717) is 5.56 Å². The van der Waals surface area contributed by atoms with Gasteiger partial charge in [0.1, 0.15) is 11.9 Å². The van der Waals surface area contributed by atoms with Crippen LogP contribution in [-0.4, -0.2) is 21.3 Å². The number of nitro groups is 1. The van der Waals surface area contributed by atoms with E-state index >= 15 is 0 Å². The first kappa shape index (κ1) is 13.7. The summed E-state index contributed by atoms with van der Waals surface area (Å²) in [5.41, 5.74) is 6.00. The molecule has 0 atom stereocenters. The molecule has 2 aromatic rings. The van der Waals surface area contributed by atoms with Crippen molar-refractivity contribution in [3.05, 3.63) is 46.1 Å². The molecule has 9 heteroatoms. The van der Waals surface area contributed by atoms with Gasteiger partial charge in [0.05, 0.1) is 11.5 Å². The number of aromatic nitrogens is 2. The van der Waals surface area contributed by atoms with E-state index in [2.05, 4.69) is 9.84 Å². The Morgan fingerprint density at radius 3 is 2.55 bits per heavy atom. The first-order chi connectivity index (χ1) is 9.47. The van der Waals surface area contributed by atoms with Crippen molar-refractivity contribution in [3.8, 4) is 5.75 Å². The van der Waals surface area contributed by atoms with Gasteiger partial charge in [-0.3, -0.25) is 10.1 Å². The van der Waals surface area contributed by atoms with Crippen LogP contribution < -0.4 is 10.5 Å². The molecule has 7 nitrogen and oxygen atoms in total. The van der Waals surface area contributed by atoms with Gasteiger partial charge in [-0.2, -0.15) is 13.9 Å². The van der Waals surface area contributed by atoms with Gasteiger partial charge in [-0.05, 0) is 17.7 Å². The van der Waals surface area contributed by atoms with E-state index in [1.165, 1.54) is 16.8 Å². The normalized spacial score (nSPS) is 10.8. The average molecular weight is 284 g/mol. The van der Waals surface area contributed by atoms with Crippen molar-refractivity contribution in [2.75, 3.05) is 5.73 Å². The minimum absolute atomic E-state index is 0.0307. The molecule has 0 aliphatic carbocycles. The SMILES string of the molecule is Nc1c([N+](=O)[O-])cnn1Cc1ccc(OC(F)F)cc1. The molecule has 0 bridgehead atoms. The van der Waals surface area contributed by atoms with E-state index < -0.39 is 11.5 Å². The van der Waals surface area contributed by atoms with Crippen LogP contribution in [0.4, 0.5) is 20.3 Å². The predicted molar refractivity (Wildman–Crippen MR) is 65.5 cm³/mol. The molecular weight excluding hydrogens is 274 g/mol. The summed E-state index contributed by atoms with van der Waals surface area (Å²) < 4.78 is 29.4. The van der Waals surface area contributed by atoms with Crippen LogP contribution in [0.1, 0.15) is 5.56 Å². The second-order valence-electron chi connectivity index (χ2n) is 3.85. The zero-order valence-electron chi connectivity index (χ0n) is 10.1. The third kappa shape index (κ3) is 2.99. The van der Waals surface area contributed by atoms with Gasteiger partial charge in [-0.25, -0.2) is 4.68 Å². The van der Waals surface area contributed by atoms with Crippen molar-refractivity contribution in [2.24, 2.45) is 0 Å². The first-order valence-electron chi connectivity index (χ1n) is 5.47. The monoisotopic (exact) mass is 284 g/mol. The molecule has 1 heterocycles. The van der Waals surface area contributed by atoms with Gasteiger partial charge in [0.15, 0.2) is 0 Å². The Morgan fingerprint density at radius 2 is 2.05 bits per heavy atom. The van der Waals surface area contributed by atoms with E-state index in [9.17, 15) is 18.9 Å². The van der Waals surface area contributed by atoms with Crippen molar-refractivity contribution >= 4 is 11.5 Å². The van der Waals surface area contributed by atoms with E-state index in [-0.39, 0.29) is 23.8 Å². The van der Waals surface area contributed by atoms with Gasteiger partial charge in [-0.1, -0.05) is 12.1 Å². The molecule has 0 fully saturated rings. The Hall–Kier alpha value is -2.71. The molecule has 0 spiro atoms. The molecule has 0 unspecified atom stereocenters. The van der Waals surface area contributed by atoms with Crippen molar-refractivity contribution in [1.29, 1.82) is 0 Å². The van der Waals surface area contributed by atoms with Crippen molar-refractivity contribution in [3.63, 3.8) is 0 Å². The number of ether oxygens (including phenoxy) is 1. The van der Waals surface area contributed by atoms with Gasteiger partial charge in [-0.15, -0.1) is 0 Å². The highest BCUT2D eigenvalue weighted by Gasteiger charge is 2.17. The Bertz CT molecular complexity index is 613. The van der Waals surface area contributed by atoms with Crippen LogP contribution in [0.15, 0.2) is 30.5 Å². The minimum Gasteiger partial charge on any atom is -0.435 e. The van der Waals surface area contributed by atoms with E-state index in [0.717, 1.165) is 6.20 Å². The molecule has 1 aromatic carbocycles. The number of nitrogen functional groups attached to an aromatic ring is 1. The Balaban J connectivity index is 2.12. The molecular formula is C11H10F2N4O3. The fraction of sp³-hybridized carbons (Fsp3) is 0.182. The Labute approximate surface area is 111 Å². The highest BCUT2D eigenvalue weighted by molar-refractivity contribution is 5.51. The number of rotatable bonds is 5. The summed E-state index contributed by atoms with van der Waals surface area (Å²) in [6, 6.07) is 5.83. The van der Waals surface area contributed by atoms with Crippen LogP contribution in [0.25, 0.3) is 0 Å². The second-order valence-corrected chi connectivity index (χ2v) is 3.85. The van der Waals surface area contributed by atoms with Gasteiger partial charge in [0, 0.05) is 0 Å². The molecule has 2 N–H and O–H groups in total. The third-order valence-electron chi connectivity index (χ3n) is 2.54. The van der Waals surface area contributed by atoms with Gasteiger partial charge >= 0.3 is 12.3 Å². The lowest BCUT2D eigenvalue weighted by Gasteiger charge is -2.06. The summed E-state index contributed by atoms with van der Waals surface area (Å²) in [7, 11) is 0. The summed E-state index contributed by atoms with van der Waals surface area (Å²) >= 11 is 0. The quantitative estimate of drug-likeness (QED) is 0.669. The smallest absolute Gasteiger partial charge is 0.387 e. The summed E-state index contributed by atoms with van der Waals surface area (Å²) in [6.07, 6.45) is 1.06. The Morgan fingerprint density at radius 1 is 1.40 bits per heavy atom. The average Bonchev–Trinajstić information content (AvgIpc) is 2.73. The molecule has 20 heavy (non-hydrogen) atoms. The first-order valence-corrected chi connectivity index (χ1v) is 5.47. The lowest BCUT2D eigenvalue weighted by Crippen LogP contribution is -2.07. The number of benzene rings is 1. The van der Waals surface area contributed by atoms with E-state index in [1.54, 1.807) is 12.1 Å². The predicted octanol–water partition coefficient (Wildman–Crippen LogP) is 2.02. The number of halogens is 2. The Kier molecular flexibility index (Phi) is 3.78. The highest BCUT2D eigenvalue weighted by atomic mass is 19.3. The summed E-state index contributed by atoms with van der Waals surface area (Å²) in [5.74, 6) is -0.0360. The van der Waals surface area contributed by atoms with E-state index in [1.807, 2.05) is 0 Å². The highest BCUT2D eigenvalue weighted by Crippen LogP contribution is 2.21. The van der Waals surface area contributed by atoms with Gasteiger partial charge < -0.3 is 10.5 Å². The number of hydrogen-bond donors (Lipinski definition) is 1. The molecule has 0 aliphatic rings. The van der Waals surface area contributed by atoms with Crippen LogP contribution in [0.3, 0.4) is 0 Å². The molecule has 0 radical (unpaired) electrons. The zero-order chi connectivity index (χ0) is 14.7. The molecule has 1 aromatic heterocycles. The van der Waals surface area contributed by atoms with Gasteiger partial charge in [0.2, 0.25) is 5.82 Å². The lowest BCUT2D eigenvalue weighted by atomic mass is 10.2.